The molecule has 1 heterocycles. The van der Waals surface area contributed by atoms with Gasteiger partial charge < -0.3 is 10.1 Å². The molecule has 0 fully saturated rings. The second kappa shape index (κ2) is 6.50. The van der Waals surface area contributed by atoms with E-state index in [1.54, 1.807) is 18.5 Å². The molecule has 19 heavy (non-hydrogen) atoms. The van der Waals surface area contributed by atoms with Gasteiger partial charge in [0.25, 0.3) is 0 Å². The molecule has 0 amide bonds. The molecule has 0 bridgehead atoms. The minimum absolute atomic E-state index is 0.242. The summed E-state index contributed by atoms with van der Waals surface area (Å²) in [6.45, 7) is 3.53. The van der Waals surface area contributed by atoms with Crippen LogP contribution >= 0.6 is 11.6 Å². The molecule has 3 nitrogen and oxygen atoms in total. The molecule has 5 heteroatoms. The Balaban J connectivity index is 2.22. The average molecular weight is 281 g/mol. The van der Waals surface area contributed by atoms with Gasteiger partial charge in [0.1, 0.15) is 17.3 Å². The van der Waals surface area contributed by atoms with E-state index in [1.165, 1.54) is 18.2 Å². The lowest BCUT2D eigenvalue weighted by molar-refractivity contribution is 0.470. The van der Waals surface area contributed by atoms with E-state index < -0.39 is 0 Å². The lowest BCUT2D eigenvalue weighted by Crippen LogP contribution is -2.12. The Morgan fingerprint density at radius 1 is 1.32 bits per heavy atom. The molecule has 1 aromatic heterocycles. The van der Waals surface area contributed by atoms with Gasteiger partial charge in [-0.25, -0.2) is 4.39 Å². The lowest BCUT2D eigenvalue weighted by Gasteiger charge is -2.12. The largest absolute Gasteiger partial charge is 0.455 e. The van der Waals surface area contributed by atoms with Crippen LogP contribution in [0, 0.1) is 5.82 Å². The summed E-state index contributed by atoms with van der Waals surface area (Å²) in [5, 5.41) is 3.44. The van der Waals surface area contributed by atoms with Gasteiger partial charge in [-0.2, -0.15) is 0 Å². The standard InChI is InChI=1S/C14H14ClFN2O/c1-2-17-8-10-9-18-6-5-13(10)19-14-4-3-11(16)7-12(14)15/h3-7,9,17H,2,8H2,1H3. The summed E-state index contributed by atoms with van der Waals surface area (Å²) in [5.41, 5.74) is 0.921. The van der Waals surface area contributed by atoms with Crippen LogP contribution in [-0.4, -0.2) is 11.5 Å². The Hall–Kier alpha value is -1.65. The first-order chi connectivity index (χ1) is 9.20. The van der Waals surface area contributed by atoms with Crippen LogP contribution in [-0.2, 0) is 6.54 Å². The molecule has 0 spiro atoms. The van der Waals surface area contributed by atoms with Crippen molar-refractivity contribution in [2.24, 2.45) is 0 Å². The highest BCUT2D eigenvalue weighted by Gasteiger charge is 2.08. The Morgan fingerprint density at radius 3 is 2.89 bits per heavy atom. The number of hydrogen-bond acceptors (Lipinski definition) is 3. The maximum atomic E-state index is 13.0. The maximum absolute atomic E-state index is 13.0. The van der Waals surface area contributed by atoms with E-state index in [-0.39, 0.29) is 10.8 Å². The van der Waals surface area contributed by atoms with Gasteiger partial charge >= 0.3 is 0 Å². The van der Waals surface area contributed by atoms with Gasteiger partial charge in [-0.3, -0.25) is 4.98 Å². The van der Waals surface area contributed by atoms with Crippen LogP contribution < -0.4 is 10.1 Å². The third kappa shape index (κ3) is 3.66. The highest BCUT2D eigenvalue weighted by Crippen LogP contribution is 2.31. The first kappa shape index (κ1) is 13.8. The third-order valence-corrected chi connectivity index (χ3v) is 2.83. The minimum Gasteiger partial charge on any atom is -0.455 e. The zero-order chi connectivity index (χ0) is 13.7. The first-order valence-electron chi connectivity index (χ1n) is 5.97. The Labute approximate surface area is 116 Å². The summed E-state index contributed by atoms with van der Waals surface area (Å²) >= 11 is 5.94. The Kier molecular flexibility index (Phi) is 4.71. The SMILES string of the molecule is CCNCc1cnccc1Oc1ccc(F)cc1Cl. The number of pyridine rings is 1. The van der Waals surface area contributed by atoms with Crippen molar-refractivity contribution < 1.29 is 9.13 Å². The summed E-state index contributed by atoms with van der Waals surface area (Å²) in [6.07, 6.45) is 3.37. The highest BCUT2D eigenvalue weighted by molar-refractivity contribution is 6.32. The molecule has 0 aliphatic rings. The van der Waals surface area contributed by atoms with E-state index in [9.17, 15) is 4.39 Å². The smallest absolute Gasteiger partial charge is 0.146 e. The van der Waals surface area contributed by atoms with E-state index in [1.807, 2.05) is 6.92 Å². The van der Waals surface area contributed by atoms with Crippen molar-refractivity contribution in [2.75, 3.05) is 6.54 Å². The number of aromatic nitrogens is 1. The van der Waals surface area contributed by atoms with Crippen LogP contribution in [0.25, 0.3) is 0 Å². The molecule has 0 aliphatic carbocycles. The van der Waals surface area contributed by atoms with Gasteiger partial charge in [-0.15, -0.1) is 0 Å². The fourth-order valence-electron chi connectivity index (χ4n) is 1.58. The predicted molar refractivity (Wildman–Crippen MR) is 73.1 cm³/mol. The number of benzene rings is 1. The number of halogens is 2. The van der Waals surface area contributed by atoms with Crippen LogP contribution in [0.1, 0.15) is 12.5 Å². The minimum atomic E-state index is -0.389. The Morgan fingerprint density at radius 2 is 2.16 bits per heavy atom. The molecule has 2 rings (SSSR count). The number of nitrogens with zero attached hydrogens (tertiary/aromatic N) is 1. The molecule has 0 aliphatic heterocycles. The van der Waals surface area contributed by atoms with Crippen molar-refractivity contribution in [3.05, 3.63) is 53.1 Å². The molecule has 0 radical (unpaired) electrons. The van der Waals surface area contributed by atoms with Crippen molar-refractivity contribution in [2.45, 2.75) is 13.5 Å². The quantitative estimate of drug-likeness (QED) is 0.905. The summed E-state index contributed by atoms with van der Waals surface area (Å²) < 4.78 is 18.7. The monoisotopic (exact) mass is 280 g/mol. The molecule has 0 atom stereocenters. The fourth-order valence-corrected chi connectivity index (χ4v) is 1.79. The molecule has 2 aromatic rings. The lowest BCUT2D eigenvalue weighted by atomic mass is 10.2. The van der Waals surface area contributed by atoms with Gasteiger partial charge in [0, 0.05) is 24.5 Å². The molecular formula is C14H14ClFN2O. The number of ether oxygens (including phenoxy) is 1. The van der Waals surface area contributed by atoms with Crippen LogP contribution in [0.5, 0.6) is 11.5 Å². The van der Waals surface area contributed by atoms with E-state index in [0.717, 1.165) is 12.1 Å². The number of rotatable bonds is 5. The van der Waals surface area contributed by atoms with Crippen molar-refractivity contribution in [1.82, 2.24) is 10.3 Å². The number of hydrogen-bond donors (Lipinski definition) is 1. The molecule has 0 saturated heterocycles. The van der Waals surface area contributed by atoms with Crippen molar-refractivity contribution >= 4 is 11.6 Å². The first-order valence-corrected chi connectivity index (χ1v) is 6.35. The number of nitrogens with one attached hydrogen (secondary N) is 1. The second-order valence-corrected chi connectivity index (χ2v) is 4.35. The van der Waals surface area contributed by atoms with Crippen molar-refractivity contribution in [3.8, 4) is 11.5 Å². The van der Waals surface area contributed by atoms with Crippen LogP contribution in [0.3, 0.4) is 0 Å². The third-order valence-electron chi connectivity index (χ3n) is 2.54. The summed E-state index contributed by atoms with van der Waals surface area (Å²) in [5.74, 6) is 0.691. The second-order valence-electron chi connectivity index (χ2n) is 3.94. The fraction of sp³-hybridized carbons (Fsp3) is 0.214. The summed E-state index contributed by atoms with van der Waals surface area (Å²) in [6, 6.07) is 5.80. The Bertz CT molecular complexity index is 563. The highest BCUT2D eigenvalue weighted by atomic mass is 35.5. The topological polar surface area (TPSA) is 34.2 Å². The molecule has 1 aromatic carbocycles. The van der Waals surface area contributed by atoms with Crippen LogP contribution in [0.4, 0.5) is 4.39 Å². The summed E-state index contributed by atoms with van der Waals surface area (Å²) in [7, 11) is 0. The zero-order valence-corrected chi connectivity index (χ0v) is 11.2. The molecule has 1 N–H and O–H groups in total. The van der Waals surface area contributed by atoms with Gasteiger partial charge in [-0.05, 0) is 30.8 Å². The van der Waals surface area contributed by atoms with Crippen LogP contribution in [0.15, 0.2) is 36.7 Å². The zero-order valence-electron chi connectivity index (χ0n) is 10.5. The summed E-state index contributed by atoms with van der Waals surface area (Å²) in [4.78, 5) is 4.06. The van der Waals surface area contributed by atoms with Gasteiger partial charge in [0.2, 0.25) is 0 Å². The average Bonchev–Trinajstić information content (AvgIpc) is 2.41. The molecule has 0 saturated carbocycles. The van der Waals surface area contributed by atoms with E-state index in [2.05, 4.69) is 10.3 Å². The van der Waals surface area contributed by atoms with Crippen molar-refractivity contribution in [3.63, 3.8) is 0 Å². The molecule has 0 unspecified atom stereocenters. The van der Waals surface area contributed by atoms with E-state index >= 15 is 0 Å². The van der Waals surface area contributed by atoms with Crippen molar-refractivity contribution in [1.29, 1.82) is 0 Å². The molecular weight excluding hydrogens is 267 g/mol. The normalized spacial score (nSPS) is 10.5. The van der Waals surface area contributed by atoms with E-state index in [4.69, 9.17) is 16.3 Å². The van der Waals surface area contributed by atoms with E-state index in [0.29, 0.717) is 18.0 Å². The van der Waals surface area contributed by atoms with Gasteiger partial charge in [0.05, 0.1) is 5.02 Å². The predicted octanol–water partition coefficient (Wildman–Crippen LogP) is 3.78. The van der Waals surface area contributed by atoms with Crippen LogP contribution in [0.2, 0.25) is 5.02 Å². The van der Waals surface area contributed by atoms with Gasteiger partial charge in [-0.1, -0.05) is 18.5 Å². The maximum Gasteiger partial charge on any atom is 0.146 e. The molecule has 100 valence electrons. The van der Waals surface area contributed by atoms with Gasteiger partial charge in [0.15, 0.2) is 0 Å².